The van der Waals surface area contributed by atoms with Crippen LogP contribution in [0.3, 0.4) is 0 Å². The Hall–Kier alpha value is -3.26. The maximum atomic E-state index is 11.2. The van der Waals surface area contributed by atoms with Crippen molar-refractivity contribution in [2.24, 2.45) is 0 Å². The third-order valence-electron chi connectivity index (χ3n) is 5.94. The van der Waals surface area contributed by atoms with E-state index in [9.17, 15) is 9.90 Å². The van der Waals surface area contributed by atoms with Crippen LogP contribution in [0.25, 0.3) is 5.69 Å². The number of rotatable bonds is 10. The van der Waals surface area contributed by atoms with Gasteiger partial charge in [-0.1, -0.05) is 49.2 Å². The Bertz CT molecular complexity index is 1360. The topological polar surface area (TPSA) is 89.5 Å². The monoisotopic (exact) mass is 527 g/mol. The Labute approximate surface area is 219 Å². The number of carbonyl (C=O) groups is 1. The minimum absolute atomic E-state index is 0.168. The summed E-state index contributed by atoms with van der Waals surface area (Å²) in [6.07, 6.45) is 3.21. The van der Waals surface area contributed by atoms with Crippen molar-refractivity contribution in [1.82, 2.24) is 15.1 Å². The van der Waals surface area contributed by atoms with E-state index in [1.165, 1.54) is 12.3 Å². The molecule has 2 aromatic heterocycles. The molecule has 0 aliphatic heterocycles. The third kappa shape index (κ3) is 5.59. The Morgan fingerprint density at radius 1 is 1.17 bits per heavy atom. The van der Waals surface area contributed by atoms with Crippen LogP contribution in [-0.4, -0.2) is 20.9 Å². The van der Waals surface area contributed by atoms with E-state index in [2.05, 4.69) is 24.3 Å². The highest BCUT2D eigenvalue weighted by molar-refractivity contribution is 6.37. The lowest BCUT2D eigenvalue weighted by Gasteiger charge is -2.15. The molecule has 0 aliphatic carbocycles. The number of nitrogens with zero attached hydrogens (tertiary/aromatic N) is 2. The molecule has 188 valence electrons. The van der Waals surface area contributed by atoms with E-state index in [0.717, 1.165) is 28.1 Å². The highest BCUT2D eigenvalue weighted by Crippen LogP contribution is 2.32. The highest BCUT2D eigenvalue weighted by atomic mass is 35.5. The molecule has 2 aromatic carbocycles. The minimum Gasteiger partial charge on any atom is -0.487 e. The average Bonchev–Trinajstić information content (AvgIpc) is 3.46. The van der Waals surface area contributed by atoms with Gasteiger partial charge in [-0.2, -0.15) is 5.10 Å². The van der Waals surface area contributed by atoms with E-state index < -0.39 is 5.97 Å². The molecule has 0 spiro atoms. The maximum Gasteiger partial charge on any atom is 0.339 e. The molecule has 7 nitrogen and oxygen atoms in total. The summed E-state index contributed by atoms with van der Waals surface area (Å²) in [5.41, 5.74) is 4.86. The number of furan rings is 1. The summed E-state index contributed by atoms with van der Waals surface area (Å²) >= 11 is 12.9. The number of carboxylic acids is 1. The molecule has 0 saturated carbocycles. The molecule has 0 radical (unpaired) electrons. The van der Waals surface area contributed by atoms with Crippen LogP contribution < -0.4 is 10.1 Å². The van der Waals surface area contributed by atoms with Crippen LogP contribution in [0.1, 0.15) is 58.3 Å². The van der Waals surface area contributed by atoms with Gasteiger partial charge in [-0.15, -0.1) is 0 Å². The molecule has 0 fully saturated rings. The molecule has 0 amide bonds. The smallest absolute Gasteiger partial charge is 0.339 e. The van der Waals surface area contributed by atoms with Gasteiger partial charge in [0.25, 0.3) is 0 Å². The van der Waals surface area contributed by atoms with Crippen molar-refractivity contribution in [3.63, 3.8) is 0 Å². The molecular formula is C27H27Cl2N3O4. The summed E-state index contributed by atoms with van der Waals surface area (Å²) in [7, 11) is 0. The number of aromatic carboxylic acids is 1. The molecule has 0 aliphatic rings. The SMILES string of the molecule is Cc1cc(OCc2c(C(C)C)cnn2-c2c(Cl)cccc2Cl)ccc1CNCc1occc1C(=O)O. The maximum absolute atomic E-state index is 11.2. The molecule has 0 atom stereocenters. The molecule has 0 saturated heterocycles. The second-order valence-corrected chi connectivity index (χ2v) is 9.54. The first kappa shape index (κ1) is 25.8. The van der Waals surface area contributed by atoms with Crippen LogP contribution in [0.5, 0.6) is 5.75 Å². The molecule has 2 heterocycles. The first-order chi connectivity index (χ1) is 17.3. The summed E-state index contributed by atoms with van der Waals surface area (Å²) in [5.74, 6) is 0.362. The Morgan fingerprint density at radius 3 is 2.58 bits per heavy atom. The van der Waals surface area contributed by atoms with E-state index >= 15 is 0 Å². The molecule has 9 heteroatoms. The van der Waals surface area contributed by atoms with E-state index in [1.54, 1.807) is 22.9 Å². The van der Waals surface area contributed by atoms with Gasteiger partial charge in [-0.3, -0.25) is 0 Å². The average molecular weight is 528 g/mol. The Morgan fingerprint density at radius 2 is 1.92 bits per heavy atom. The summed E-state index contributed by atoms with van der Waals surface area (Å²) in [6.45, 7) is 7.38. The molecule has 4 aromatic rings. The Balaban J connectivity index is 1.46. The van der Waals surface area contributed by atoms with E-state index in [1.807, 2.05) is 31.3 Å². The molecule has 0 unspecified atom stereocenters. The number of nitrogens with one attached hydrogen (secondary N) is 1. The first-order valence-corrected chi connectivity index (χ1v) is 12.3. The largest absolute Gasteiger partial charge is 0.487 e. The summed E-state index contributed by atoms with van der Waals surface area (Å²) in [5, 5.41) is 18.0. The number of para-hydroxylation sites is 1. The Kier molecular flexibility index (Phi) is 8.04. The minimum atomic E-state index is -1.00. The zero-order valence-electron chi connectivity index (χ0n) is 20.2. The van der Waals surface area contributed by atoms with Crippen LogP contribution in [-0.2, 0) is 19.7 Å². The van der Waals surface area contributed by atoms with Crippen LogP contribution in [0.4, 0.5) is 0 Å². The van der Waals surface area contributed by atoms with Gasteiger partial charge in [-0.05, 0) is 59.9 Å². The van der Waals surface area contributed by atoms with Crippen molar-refractivity contribution in [2.45, 2.75) is 46.4 Å². The van der Waals surface area contributed by atoms with Crippen LogP contribution >= 0.6 is 23.2 Å². The van der Waals surface area contributed by atoms with Crippen LogP contribution in [0, 0.1) is 6.92 Å². The van der Waals surface area contributed by atoms with Crippen molar-refractivity contribution in [2.75, 3.05) is 0 Å². The van der Waals surface area contributed by atoms with Gasteiger partial charge in [0.15, 0.2) is 0 Å². The fourth-order valence-electron chi connectivity index (χ4n) is 3.98. The number of hydrogen-bond donors (Lipinski definition) is 2. The lowest BCUT2D eigenvalue weighted by atomic mass is 10.0. The number of carboxylic acid groups (broad SMARTS) is 1. The summed E-state index contributed by atoms with van der Waals surface area (Å²) < 4.78 is 13.2. The van der Waals surface area contributed by atoms with Crippen molar-refractivity contribution in [1.29, 1.82) is 0 Å². The standard InChI is InChI=1S/C27H27Cl2N3O4/c1-16(2)21-13-31-32(26-22(28)5-4-6-23(26)29)24(21)15-36-19-8-7-18(17(3)11-19)12-30-14-25-20(27(33)34)9-10-35-25/h4-11,13,16,30H,12,14-15H2,1-3H3,(H,33,34). The van der Waals surface area contributed by atoms with E-state index in [4.69, 9.17) is 32.4 Å². The number of benzene rings is 2. The number of aromatic nitrogens is 2. The van der Waals surface area contributed by atoms with Gasteiger partial charge in [0, 0.05) is 6.54 Å². The van der Waals surface area contributed by atoms with Crippen molar-refractivity contribution >= 4 is 29.2 Å². The van der Waals surface area contributed by atoms with E-state index in [-0.39, 0.29) is 11.5 Å². The third-order valence-corrected chi connectivity index (χ3v) is 6.55. The number of aryl methyl sites for hydroxylation is 1. The van der Waals surface area contributed by atoms with Gasteiger partial charge in [0.1, 0.15) is 29.4 Å². The number of halogens is 2. The predicted octanol–water partition coefficient (Wildman–Crippen LogP) is 6.77. The fourth-order valence-corrected chi connectivity index (χ4v) is 4.54. The van der Waals surface area contributed by atoms with Crippen LogP contribution in [0.2, 0.25) is 10.0 Å². The molecule has 0 bridgehead atoms. The second kappa shape index (κ2) is 11.2. The quantitative estimate of drug-likeness (QED) is 0.236. The van der Waals surface area contributed by atoms with Gasteiger partial charge in [0.2, 0.25) is 0 Å². The van der Waals surface area contributed by atoms with Gasteiger partial charge in [0.05, 0.1) is 34.7 Å². The zero-order valence-corrected chi connectivity index (χ0v) is 21.7. The lowest BCUT2D eigenvalue weighted by molar-refractivity contribution is 0.0694. The number of hydrogen-bond acceptors (Lipinski definition) is 5. The summed E-state index contributed by atoms with van der Waals surface area (Å²) in [4.78, 5) is 11.2. The molecule has 2 N–H and O–H groups in total. The summed E-state index contributed by atoms with van der Waals surface area (Å²) in [6, 6.07) is 12.7. The van der Waals surface area contributed by atoms with Crippen LogP contribution in [0.15, 0.2) is 59.3 Å². The van der Waals surface area contributed by atoms with Gasteiger partial charge in [-0.25, -0.2) is 9.48 Å². The predicted molar refractivity (Wildman–Crippen MR) is 139 cm³/mol. The van der Waals surface area contributed by atoms with Gasteiger partial charge < -0.3 is 19.6 Å². The van der Waals surface area contributed by atoms with E-state index in [0.29, 0.717) is 41.2 Å². The van der Waals surface area contributed by atoms with Crippen molar-refractivity contribution in [3.05, 3.63) is 98.7 Å². The van der Waals surface area contributed by atoms with Gasteiger partial charge >= 0.3 is 5.97 Å². The lowest BCUT2D eigenvalue weighted by Crippen LogP contribution is -2.15. The molecular weight excluding hydrogens is 501 g/mol. The number of ether oxygens (including phenoxy) is 1. The zero-order chi connectivity index (χ0) is 25.8. The second-order valence-electron chi connectivity index (χ2n) is 8.73. The molecule has 36 heavy (non-hydrogen) atoms. The molecule has 4 rings (SSSR count). The van der Waals surface area contributed by atoms with Crippen molar-refractivity contribution in [3.8, 4) is 11.4 Å². The highest BCUT2D eigenvalue weighted by Gasteiger charge is 2.19. The van der Waals surface area contributed by atoms with Crippen molar-refractivity contribution < 1.29 is 19.1 Å². The fraction of sp³-hybridized carbons (Fsp3) is 0.259. The first-order valence-electron chi connectivity index (χ1n) is 11.5. The normalized spacial score (nSPS) is 11.3.